The van der Waals surface area contributed by atoms with Crippen LogP contribution in [0.3, 0.4) is 0 Å². The number of likely N-dealkylation sites (tertiary alicyclic amines) is 1. The molecule has 1 saturated heterocycles. The van der Waals surface area contributed by atoms with Gasteiger partial charge in [0.25, 0.3) is 11.7 Å². The molecule has 8 heteroatoms. The lowest BCUT2D eigenvalue weighted by Gasteiger charge is -2.26. The lowest BCUT2D eigenvalue weighted by Crippen LogP contribution is -2.32. The van der Waals surface area contributed by atoms with E-state index in [0.717, 1.165) is 6.54 Å². The number of amides is 1. The monoisotopic (exact) mass is 490 g/mol. The van der Waals surface area contributed by atoms with Gasteiger partial charge in [-0.25, -0.2) is 0 Å². The number of rotatable bonds is 8. The van der Waals surface area contributed by atoms with Crippen molar-refractivity contribution in [1.29, 1.82) is 0 Å². The molecule has 1 aliphatic heterocycles. The first kappa shape index (κ1) is 25.1. The van der Waals surface area contributed by atoms with E-state index in [2.05, 4.69) is 0 Å². The van der Waals surface area contributed by atoms with E-state index >= 15 is 0 Å². The summed E-state index contributed by atoms with van der Waals surface area (Å²) in [6, 6.07) is 10.8. The maximum atomic E-state index is 13.1. The fraction of sp³-hybridized carbons (Fsp3) is 0.360. The van der Waals surface area contributed by atoms with Crippen LogP contribution in [0.5, 0.6) is 5.75 Å². The molecule has 3 rings (SSSR count). The number of ketones is 1. The molecule has 0 spiro atoms. The summed E-state index contributed by atoms with van der Waals surface area (Å²) < 4.78 is 5.65. The minimum atomic E-state index is -0.816. The quantitative estimate of drug-likeness (QED) is 0.314. The van der Waals surface area contributed by atoms with Crippen LogP contribution < -0.4 is 4.74 Å². The van der Waals surface area contributed by atoms with Crippen LogP contribution in [0.15, 0.2) is 48.0 Å². The number of benzene rings is 2. The molecule has 1 amide bonds. The molecule has 6 nitrogen and oxygen atoms in total. The maximum absolute atomic E-state index is 13.1. The Hall–Kier alpha value is -2.54. The smallest absolute Gasteiger partial charge is 0.295 e. The van der Waals surface area contributed by atoms with Crippen molar-refractivity contribution in [2.24, 2.45) is 0 Å². The molecular formula is C25H28Cl2N2O4. The molecule has 1 atom stereocenters. The third-order valence-corrected chi connectivity index (χ3v) is 5.86. The molecule has 0 saturated carbocycles. The number of carbonyl (C=O) groups excluding carboxylic acids is 2. The highest BCUT2D eigenvalue weighted by Gasteiger charge is 2.46. The summed E-state index contributed by atoms with van der Waals surface area (Å²) in [5.74, 6) is -1.01. The zero-order chi connectivity index (χ0) is 24.3. The fourth-order valence-electron chi connectivity index (χ4n) is 3.83. The third kappa shape index (κ3) is 5.69. The van der Waals surface area contributed by atoms with Gasteiger partial charge in [0.2, 0.25) is 0 Å². The zero-order valence-electron chi connectivity index (χ0n) is 19.1. The van der Waals surface area contributed by atoms with Crippen LogP contribution in [0.4, 0.5) is 0 Å². The lowest BCUT2D eigenvalue weighted by molar-refractivity contribution is -0.139. The first-order valence-electron chi connectivity index (χ1n) is 10.7. The number of hydrogen-bond acceptors (Lipinski definition) is 5. The number of aliphatic hydroxyl groups is 1. The SMILES string of the molecule is CC(C)Oc1ccc(/C(O)=C2\C(=O)C(=O)N(CCCN(C)C)[C@H]2c2ccc(Cl)cc2Cl)cc1. The number of carbonyl (C=O) groups is 2. The fourth-order valence-corrected chi connectivity index (χ4v) is 4.35. The maximum Gasteiger partial charge on any atom is 0.295 e. The summed E-state index contributed by atoms with van der Waals surface area (Å²) in [6.07, 6.45) is 0.659. The van der Waals surface area contributed by atoms with Crippen LogP contribution in [-0.4, -0.2) is 59.9 Å². The number of Topliss-reactive ketones (excluding diaryl/α,β-unsaturated/α-hetero) is 1. The molecule has 1 N–H and O–H groups in total. The molecule has 1 fully saturated rings. The van der Waals surface area contributed by atoms with Crippen molar-refractivity contribution in [3.63, 3.8) is 0 Å². The largest absolute Gasteiger partial charge is 0.507 e. The van der Waals surface area contributed by atoms with E-state index in [1.54, 1.807) is 42.5 Å². The molecule has 0 radical (unpaired) electrons. The number of hydrogen-bond donors (Lipinski definition) is 1. The molecular weight excluding hydrogens is 463 g/mol. The molecule has 0 unspecified atom stereocenters. The molecule has 2 aromatic carbocycles. The van der Waals surface area contributed by atoms with Gasteiger partial charge >= 0.3 is 0 Å². The number of halogens is 2. The Kier molecular flexibility index (Phi) is 8.05. The highest BCUT2D eigenvalue weighted by Crippen LogP contribution is 2.42. The second-order valence-electron chi connectivity index (χ2n) is 8.51. The van der Waals surface area contributed by atoms with E-state index in [4.69, 9.17) is 27.9 Å². The highest BCUT2D eigenvalue weighted by atomic mass is 35.5. The third-order valence-electron chi connectivity index (χ3n) is 5.30. The summed E-state index contributed by atoms with van der Waals surface area (Å²) in [5, 5.41) is 11.9. The van der Waals surface area contributed by atoms with Gasteiger partial charge in [-0.2, -0.15) is 0 Å². The molecule has 1 heterocycles. The lowest BCUT2D eigenvalue weighted by atomic mass is 9.95. The van der Waals surface area contributed by atoms with Gasteiger partial charge in [-0.05, 0) is 82.9 Å². The van der Waals surface area contributed by atoms with Crippen molar-refractivity contribution in [2.75, 3.05) is 27.2 Å². The van der Waals surface area contributed by atoms with Gasteiger partial charge in [0, 0.05) is 22.2 Å². The second kappa shape index (κ2) is 10.6. The van der Waals surface area contributed by atoms with E-state index < -0.39 is 17.7 Å². The van der Waals surface area contributed by atoms with Crippen molar-refractivity contribution < 1.29 is 19.4 Å². The minimum absolute atomic E-state index is 0.00369. The molecule has 176 valence electrons. The second-order valence-corrected chi connectivity index (χ2v) is 9.35. The molecule has 33 heavy (non-hydrogen) atoms. The summed E-state index contributed by atoms with van der Waals surface area (Å²) in [4.78, 5) is 29.6. The van der Waals surface area contributed by atoms with Gasteiger partial charge in [0.1, 0.15) is 11.5 Å². The first-order chi connectivity index (χ1) is 15.6. The van der Waals surface area contributed by atoms with Crippen LogP contribution in [-0.2, 0) is 9.59 Å². The predicted molar refractivity (Wildman–Crippen MR) is 131 cm³/mol. The summed E-state index contributed by atoms with van der Waals surface area (Å²) in [7, 11) is 3.88. The standard InChI is InChI=1S/C25H28Cl2N2O4/c1-15(2)33-18-9-6-16(7-10-18)23(30)21-22(19-11-8-17(26)14-20(19)27)29(25(32)24(21)31)13-5-12-28(3)4/h6-11,14-15,22,30H,5,12-13H2,1-4H3/b23-21+/t22-/m0/s1. The first-order valence-corrected chi connectivity index (χ1v) is 11.5. The van der Waals surface area contributed by atoms with E-state index in [-0.39, 0.29) is 17.4 Å². The Bertz CT molecular complexity index is 1060. The summed E-state index contributed by atoms with van der Waals surface area (Å²) in [6.45, 7) is 4.91. The number of ether oxygens (including phenoxy) is 1. The van der Waals surface area contributed by atoms with Crippen molar-refractivity contribution in [3.8, 4) is 5.75 Å². The van der Waals surface area contributed by atoms with Crippen molar-refractivity contribution >= 4 is 40.7 Å². The van der Waals surface area contributed by atoms with Gasteiger partial charge in [0.05, 0.1) is 17.7 Å². The van der Waals surface area contributed by atoms with Crippen molar-refractivity contribution in [2.45, 2.75) is 32.4 Å². The molecule has 0 aliphatic carbocycles. The highest BCUT2D eigenvalue weighted by molar-refractivity contribution is 6.47. The Balaban J connectivity index is 2.08. The average molecular weight is 491 g/mol. The Labute approximate surface area is 204 Å². The minimum Gasteiger partial charge on any atom is -0.507 e. The number of aliphatic hydroxyl groups excluding tert-OH is 1. The van der Waals surface area contributed by atoms with E-state index in [1.807, 2.05) is 32.8 Å². The van der Waals surface area contributed by atoms with Crippen molar-refractivity contribution in [1.82, 2.24) is 9.80 Å². The summed E-state index contributed by atoms with van der Waals surface area (Å²) in [5.41, 5.74) is 0.950. The predicted octanol–water partition coefficient (Wildman–Crippen LogP) is 5.15. The topological polar surface area (TPSA) is 70.1 Å². The molecule has 0 aromatic heterocycles. The molecule has 1 aliphatic rings. The Morgan fingerprint density at radius 1 is 1.12 bits per heavy atom. The van der Waals surface area contributed by atoms with Gasteiger partial charge in [-0.3, -0.25) is 9.59 Å². The van der Waals surface area contributed by atoms with Gasteiger partial charge in [-0.15, -0.1) is 0 Å². The average Bonchev–Trinajstić information content (AvgIpc) is 2.98. The van der Waals surface area contributed by atoms with Gasteiger partial charge in [-0.1, -0.05) is 29.3 Å². The Morgan fingerprint density at radius 3 is 2.36 bits per heavy atom. The van der Waals surface area contributed by atoms with E-state index in [1.165, 1.54) is 4.90 Å². The van der Waals surface area contributed by atoms with Crippen LogP contribution >= 0.6 is 23.2 Å². The van der Waals surface area contributed by atoms with Crippen LogP contribution in [0.25, 0.3) is 5.76 Å². The zero-order valence-corrected chi connectivity index (χ0v) is 20.7. The molecule has 0 bridgehead atoms. The summed E-state index contributed by atoms with van der Waals surface area (Å²) >= 11 is 12.5. The van der Waals surface area contributed by atoms with Gasteiger partial charge in [0.15, 0.2) is 0 Å². The van der Waals surface area contributed by atoms with E-state index in [9.17, 15) is 14.7 Å². The van der Waals surface area contributed by atoms with E-state index in [0.29, 0.717) is 39.9 Å². The van der Waals surface area contributed by atoms with Crippen molar-refractivity contribution in [3.05, 3.63) is 69.2 Å². The van der Waals surface area contributed by atoms with Crippen LogP contribution in [0.2, 0.25) is 10.0 Å². The molecule has 2 aromatic rings. The normalized spacial score (nSPS) is 17.9. The Morgan fingerprint density at radius 2 is 1.79 bits per heavy atom. The van der Waals surface area contributed by atoms with Gasteiger partial charge < -0.3 is 19.6 Å². The van der Waals surface area contributed by atoms with Crippen LogP contribution in [0.1, 0.15) is 37.4 Å². The number of nitrogens with zero attached hydrogens (tertiary/aromatic N) is 2. The van der Waals surface area contributed by atoms with Crippen LogP contribution in [0, 0.1) is 0 Å².